The molecule has 2 amide bonds. The van der Waals surface area contributed by atoms with Crippen molar-refractivity contribution in [1.29, 1.82) is 5.26 Å². The number of carbonyl (C=O) groups is 1. The van der Waals surface area contributed by atoms with Gasteiger partial charge in [-0.2, -0.15) is 22.8 Å². The van der Waals surface area contributed by atoms with Gasteiger partial charge in [0.25, 0.3) is 0 Å². The Bertz CT molecular complexity index is 1330. The summed E-state index contributed by atoms with van der Waals surface area (Å²) in [7, 11) is 0. The number of pyridine rings is 1. The highest BCUT2D eigenvalue weighted by Crippen LogP contribution is 2.37. The number of amides is 2. The molecule has 2 N–H and O–H groups in total. The van der Waals surface area contributed by atoms with Crippen molar-refractivity contribution in [3.05, 3.63) is 94.5 Å². The molecule has 0 aliphatic carbocycles. The molecule has 0 aliphatic rings. The van der Waals surface area contributed by atoms with Crippen molar-refractivity contribution in [2.45, 2.75) is 50.3 Å². The lowest BCUT2D eigenvalue weighted by atomic mass is 9.80. The second-order valence-corrected chi connectivity index (χ2v) is 9.80. The minimum Gasteiger partial charge on any atom is -0.428 e. The van der Waals surface area contributed by atoms with E-state index in [2.05, 4.69) is 20.4 Å². The summed E-state index contributed by atoms with van der Waals surface area (Å²) >= 11 is 6.02. The van der Waals surface area contributed by atoms with Crippen molar-refractivity contribution < 1.29 is 31.5 Å². The summed E-state index contributed by atoms with van der Waals surface area (Å²) in [5.41, 5.74) is -2.12. The van der Waals surface area contributed by atoms with Crippen LogP contribution in [0, 0.1) is 17.1 Å². The van der Waals surface area contributed by atoms with Crippen LogP contribution in [0.4, 0.5) is 26.7 Å². The van der Waals surface area contributed by atoms with Crippen LogP contribution in [-0.4, -0.2) is 29.1 Å². The summed E-state index contributed by atoms with van der Waals surface area (Å²) < 4.78 is 72.2. The predicted molar refractivity (Wildman–Crippen MR) is 134 cm³/mol. The van der Waals surface area contributed by atoms with Gasteiger partial charge >= 0.3 is 18.6 Å². The van der Waals surface area contributed by atoms with Gasteiger partial charge in [0.15, 0.2) is 0 Å². The average Bonchev–Trinajstić information content (AvgIpc) is 2.83. The van der Waals surface area contributed by atoms with Crippen molar-refractivity contribution in [3.8, 4) is 11.8 Å². The first kappa shape index (κ1) is 29.6. The second kappa shape index (κ2) is 11.9. The summed E-state index contributed by atoms with van der Waals surface area (Å²) in [5, 5.41) is 14.8. The Morgan fingerprint density at radius 1 is 1.10 bits per heavy atom. The summed E-state index contributed by atoms with van der Waals surface area (Å²) in [6.07, 6.45) is -7.94. The molecule has 12 heteroatoms. The summed E-state index contributed by atoms with van der Waals surface area (Å²) in [4.78, 5) is 17.6. The van der Waals surface area contributed by atoms with Crippen LogP contribution in [0.25, 0.3) is 0 Å². The minimum atomic E-state index is -4.90. The number of nitrogens with zero attached hydrogens (tertiary/aromatic N) is 2. The van der Waals surface area contributed by atoms with Crippen LogP contribution < -0.4 is 15.4 Å². The van der Waals surface area contributed by atoms with E-state index in [1.165, 1.54) is 18.3 Å². The molecular weight excluding hydrogens is 543 g/mol. The summed E-state index contributed by atoms with van der Waals surface area (Å²) in [6, 6.07) is 15.1. The van der Waals surface area contributed by atoms with E-state index >= 15 is 0 Å². The number of carbonyl (C=O) groups excluding carboxylic acids is 1. The summed E-state index contributed by atoms with van der Waals surface area (Å²) in [6.45, 7) is 3.21. The Labute approximate surface area is 226 Å². The Morgan fingerprint density at radius 2 is 1.79 bits per heavy atom. The molecule has 39 heavy (non-hydrogen) atoms. The number of hydrogen-bond acceptors (Lipinski definition) is 4. The molecule has 0 saturated heterocycles. The minimum absolute atomic E-state index is 0.0496. The first-order valence-electron chi connectivity index (χ1n) is 11.6. The molecule has 1 aromatic heterocycles. The highest BCUT2D eigenvalue weighted by atomic mass is 35.5. The SMILES string of the molecule is CC(C)(CC#N)NC(=O)NC(Cc1ccccc1)(c1cc(F)cc(OC(F)(F)C(F)F)c1)c1ccc(Cl)cn1. The number of halogens is 6. The maximum absolute atomic E-state index is 14.8. The van der Waals surface area contributed by atoms with Gasteiger partial charge in [-0.25, -0.2) is 9.18 Å². The number of nitrogens with one attached hydrogen (secondary N) is 2. The van der Waals surface area contributed by atoms with Crippen LogP contribution in [0.15, 0.2) is 66.9 Å². The van der Waals surface area contributed by atoms with Crippen LogP contribution in [0.1, 0.15) is 37.1 Å². The number of aromatic nitrogens is 1. The lowest BCUT2D eigenvalue weighted by molar-refractivity contribution is -0.253. The van der Waals surface area contributed by atoms with E-state index in [9.17, 15) is 26.7 Å². The number of urea groups is 1. The fourth-order valence-corrected chi connectivity index (χ4v) is 4.01. The van der Waals surface area contributed by atoms with E-state index in [4.69, 9.17) is 16.9 Å². The maximum atomic E-state index is 14.8. The van der Waals surface area contributed by atoms with E-state index < -0.39 is 41.2 Å². The van der Waals surface area contributed by atoms with Gasteiger partial charge in [-0.05, 0) is 49.2 Å². The van der Waals surface area contributed by atoms with Crippen LogP contribution in [0.5, 0.6) is 5.75 Å². The average molecular weight is 567 g/mol. The van der Waals surface area contributed by atoms with Gasteiger partial charge in [0.05, 0.1) is 23.2 Å². The van der Waals surface area contributed by atoms with Crippen molar-refractivity contribution in [2.75, 3.05) is 0 Å². The molecule has 0 saturated carbocycles. The van der Waals surface area contributed by atoms with Crippen LogP contribution >= 0.6 is 11.6 Å². The first-order valence-corrected chi connectivity index (χ1v) is 11.9. The number of hydrogen-bond donors (Lipinski definition) is 2. The van der Waals surface area contributed by atoms with Crippen molar-refractivity contribution in [1.82, 2.24) is 15.6 Å². The smallest absolute Gasteiger partial charge is 0.428 e. The van der Waals surface area contributed by atoms with Crippen LogP contribution in [-0.2, 0) is 12.0 Å². The van der Waals surface area contributed by atoms with Crippen LogP contribution in [0.2, 0.25) is 5.02 Å². The quantitative estimate of drug-likeness (QED) is 0.271. The van der Waals surface area contributed by atoms with Gasteiger partial charge in [-0.3, -0.25) is 4.98 Å². The second-order valence-electron chi connectivity index (χ2n) is 9.37. The number of nitriles is 1. The van der Waals surface area contributed by atoms with Gasteiger partial charge in [0, 0.05) is 24.2 Å². The molecular formula is C27H24ClF5N4O2. The Morgan fingerprint density at radius 3 is 2.38 bits per heavy atom. The van der Waals surface area contributed by atoms with Crippen LogP contribution in [0.3, 0.4) is 0 Å². The number of ether oxygens (including phenoxy) is 1. The lowest BCUT2D eigenvalue weighted by Gasteiger charge is -2.37. The number of benzene rings is 2. The third-order valence-corrected chi connectivity index (χ3v) is 5.87. The molecule has 1 atom stereocenters. The van der Waals surface area contributed by atoms with Gasteiger partial charge in [0.2, 0.25) is 0 Å². The summed E-state index contributed by atoms with van der Waals surface area (Å²) in [5.74, 6) is -1.99. The van der Waals surface area contributed by atoms with Crippen molar-refractivity contribution in [3.63, 3.8) is 0 Å². The highest BCUT2D eigenvalue weighted by Gasteiger charge is 2.45. The normalized spacial score (nSPS) is 13.3. The van der Waals surface area contributed by atoms with Crippen molar-refractivity contribution in [2.24, 2.45) is 0 Å². The Balaban J connectivity index is 2.24. The largest absolute Gasteiger partial charge is 0.461 e. The van der Waals surface area contributed by atoms with E-state index in [1.54, 1.807) is 44.2 Å². The molecule has 2 aromatic carbocycles. The molecule has 1 heterocycles. The zero-order chi connectivity index (χ0) is 28.8. The maximum Gasteiger partial charge on any atom is 0.461 e. The Kier molecular flexibility index (Phi) is 9.02. The molecule has 3 aromatic rings. The van der Waals surface area contributed by atoms with E-state index in [1.807, 2.05) is 6.07 Å². The molecule has 0 radical (unpaired) electrons. The number of alkyl halides is 4. The molecule has 6 nitrogen and oxygen atoms in total. The zero-order valence-electron chi connectivity index (χ0n) is 20.8. The van der Waals surface area contributed by atoms with Gasteiger partial charge < -0.3 is 15.4 Å². The molecule has 206 valence electrons. The molecule has 0 aliphatic heterocycles. The topological polar surface area (TPSA) is 87.0 Å². The fraction of sp³-hybridized carbons (Fsp3) is 0.296. The van der Waals surface area contributed by atoms with E-state index in [0.29, 0.717) is 11.6 Å². The first-order chi connectivity index (χ1) is 18.3. The Hall–Kier alpha value is -3.91. The van der Waals surface area contributed by atoms with Gasteiger partial charge in [-0.1, -0.05) is 41.9 Å². The number of rotatable bonds is 10. The van der Waals surface area contributed by atoms with E-state index in [0.717, 1.165) is 12.1 Å². The van der Waals surface area contributed by atoms with E-state index in [-0.39, 0.29) is 29.1 Å². The zero-order valence-corrected chi connectivity index (χ0v) is 21.6. The standard InChI is InChI=1S/C27H24ClF5N4O2/c1-25(2,10-11-34)36-24(38)37-26(15-17-6-4-3-5-7-17,22-9-8-19(28)16-35-22)18-12-20(29)14-21(13-18)39-27(32,33)23(30)31/h3-9,12-14,16,23H,10,15H2,1-2H3,(H2,36,37,38). The fourth-order valence-electron chi connectivity index (χ4n) is 3.90. The highest BCUT2D eigenvalue weighted by molar-refractivity contribution is 6.30. The molecule has 3 rings (SSSR count). The molecule has 1 unspecified atom stereocenters. The van der Waals surface area contributed by atoms with Gasteiger partial charge in [0.1, 0.15) is 17.1 Å². The van der Waals surface area contributed by atoms with Gasteiger partial charge in [-0.15, -0.1) is 0 Å². The molecule has 0 spiro atoms. The third kappa shape index (κ3) is 7.57. The lowest BCUT2D eigenvalue weighted by Crippen LogP contribution is -2.56. The predicted octanol–water partition coefficient (Wildman–Crippen LogP) is 6.59. The monoisotopic (exact) mass is 566 g/mol. The van der Waals surface area contributed by atoms with Crippen molar-refractivity contribution >= 4 is 17.6 Å². The molecule has 0 bridgehead atoms. The molecule has 0 fully saturated rings. The third-order valence-electron chi connectivity index (χ3n) is 5.65.